The lowest BCUT2D eigenvalue weighted by molar-refractivity contribution is 0.667. The average molecular weight is 630 g/mol. The van der Waals surface area contributed by atoms with E-state index < -0.39 is 0 Å². The zero-order valence-corrected chi connectivity index (χ0v) is 25.8. The maximum atomic E-state index is 6.24. The quantitative estimate of drug-likeness (QED) is 0.186. The molecule has 5 aromatic carbocycles. The van der Waals surface area contributed by atoms with Gasteiger partial charge in [0.2, 0.25) is 0 Å². The van der Waals surface area contributed by atoms with E-state index in [4.69, 9.17) is 39.3 Å². The minimum absolute atomic E-state index is 0.472. The largest absolute Gasteiger partial charge is 0.454 e. The Kier molecular flexibility index (Phi) is 6.01. The summed E-state index contributed by atoms with van der Waals surface area (Å²) in [6, 6.07) is 44.4. The number of benzene rings is 5. The Balaban J connectivity index is 1.40. The molecule has 10 aromatic rings. The molecule has 0 spiro atoms. The number of rotatable bonds is 2. The van der Waals surface area contributed by atoms with Gasteiger partial charge in [0.05, 0.1) is 6.20 Å². The molecule has 0 unspecified atom stereocenters. The fraction of sp³-hybridized carbons (Fsp3) is 0. The first-order chi connectivity index (χ1) is 24.2. The van der Waals surface area contributed by atoms with Crippen molar-refractivity contribution in [3.8, 4) is 22.8 Å². The van der Waals surface area contributed by atoms with Crippen molar-refractivity contribution in [1.82, 2.24) is 34.9 Å². The number of pyridine rings is 1. The summed E-state index contributed by atoms with van der Waals surface area (Å²) in [6.45, 7) is 0. The van der Waals surface area contributed by atoms with Crippen molar-refractivity contribution >= 4 is 77.0 Å². The van der Waals surface area contributed by atoms with Crippen LogP contribution in [0, 0.1) is 0 Å². The smallest absolute Gasteiger partial charge is 0.182 e. The van der Waals surface area contributed by atoms with Crippen molar-refractivity contribution < 1.29 is 4.42 Å². The Labute approximate surface area is 278 Å². The predicted molar refractivity (Wildman–Crippen MR) is 194 cm³/mol. The van der Waals surface area contributed by atoms with Crippen molar-refractivity contribution in [3.63, 3.8) is 0 Å². The van der Waals surface area contributed by atoms with Crippen LogP contribution in [0.4, 0.5) is 0 Å². The molecule has 0 aliphatic carbocycles. The normalized spacial score (nSPS) is 11.7. The van der Waals surface area contributed by atoms with E-state index in [9.17, 15) is 0 Å². The van der Waals surface area contributed by atoms with E-state index in [1.807, 2.05) is 103 Å². The molecule has 0 N–H and O–H groups in total. The van der Waals surface area contributed by atoms with Crippen LogP contribution in [-0.4, -0.2) is 34.9 Å². The molecule has 5 aromatic heterocycles. The van der Waals surface area contributed by atoms with Gasteiger partial charge in [-0.05, 0) is 47.2 Å². The molecule has 0 radical (unpaired) electrons. The summed E-state index contributed by atoms with van der Waals surface area (Å²) in [5, 5.41) is 6.40. The highest BCUT2D eigenvalue weighted by atomic mass is 16.3. The lowest BCUT2D eigenvalue weighted by Crippen LogP contribution is -1.95. The zero-order valence-electron chi connectivity index (χ0n) is 25.8. The van der Waals surface area contributed by atoms with E-state index in [0.29, 0.717) is 45.3 Å². The lowest BCUT2D eigenvalue weighted by Gasteiger charge is -2.04. The van der Waals surface area contributed by atoms with Gasteiger partial charge in [-0.15, -0.1) is 0 Å². The molecular weight excluding hydrogens is 606 g/mol. The van der Waals surface area contributed by atoms with Gasteiger partial charge in [0.1, 0.15) is 11.1 Å². The molecular formula is C41H23N7O. The Morgan fingerprint density at radius 1 is 0.367 bits per heavy atom. The van der Waals surface area contributed by atoms with Crippen LogP contribution in [0.15, 0.2) is 144 Å². The highest BCUT2D eigenvalue weighted by molar-refractivity contribution is 6.09. The number of fused-ring (bicyclic) bond motifs is 15. The predicted octanol–water partition coefficient (Wildman–Crippen LogP) is 9.58. The Bertz CT molecular complexity index is 2800. The second-order valence-corrected chi connectivity index (χ2v) is 11.9. The molecule has 228 valence electrons. The molecule has 5 heterocycles. The number of nitrogens with zero attached hydrogens (tertiary/aromatic N) is 7. The third kappa shape index (κ3) is 4.73. The lowest BCUT2D eigenvalue weighted by atomic mass is 10.1. The maximum absolute atomic E-state index is 6.24. The summed E-state index contributed by atoms with van der Waals surface area (Å²) in [5.74, 6) is 1.17. The van der Waals surface area contributed by atoms with Gasteiger partial charge in [-0.1, -0.05) is 97.1 Å². The first-order valence-electron chi connectivity index (χ1n) is 15.9. The fourth-order valence-corrected chi connectivity index (χ4v) is 6.31. The molecule has 49 heavy (non-hydrogen) atoms. The van der Waals surface area contributed by atoms with Crippen molar-refractivity contribution in [2.45, 2.75) is 0 Å². The first kappa shape index (κ1) is 27.2. The maximum Gasteiger partial charge on any atom is 0.182 e. The van der Waals surface area contributed by atoms with E-state index in [-0.39, 0.29) is 0 Å². The molecule has 8 heteroatoms. The number of hydrogen-bond acceptors (Lipinski definition) is 8. The highest BCUT2D eigenvalue weighted by Gasteiger charge is 2.13. The molecule has 0 fully saturated rings. The summed E-state index contributed by atoms with van der Waals surface area (Å²) in [7, 11) is 0. The number of hydrogen-bond donors (Lipinski definition) is 0. The van der Waals surface area contributed by atoms with E-state index in [2.05, 4.69) is 30.3 Å². The standard InChI is InChI=1S/C41H23N7O/c1-3-9-24(10-4-1)36-43-38-28-15-7-13-26(19-28)27-14-8-16-29(20-27)39-45-37(25-11-5-2-6-12-25)47-41(48-39)33-22-32-31-21-30(40(44-36)46-38)17-18-34(31)49-35(32)23-42-33/h1-23H. The van der Waals surface area contributed by atoms with Crippen LogP contribution in [0.3, 0.4) is 0 Å². The Morgan fingerprint density at radius 2 is 0.878 bits per heavy atom. The summed E-state index contributed by atoms with van der Waals surface area (Å²) in [4.78, 5) is 34.6. The van der Waals surface area contributed by atoms with Crippen LogP contribution in [0.2, 0.25) is 0 Å². The topological polar surface area (TPSA) is 103 Å². The third-order valence-corrected chi connectivity index (χ3v) is 8.75. The molecule has 0 atom stereocenters. The first-order valence-corrected chi connectivity index (χ1v) is 15.9. The van der Waals surface area contributed by atoms with Gasteiger partial charge in [-0.25, -0.2) is 34.9 Å². The van der Waals surface area contributed by atoms with Crippen molar-refractivity contribution in [3.05, 3.63) is 140 Å². The Hall–Kier alpha value is -6.93. The van der Waals surface area contributed by atoms with Gasteiger partial charge in [0.15, 0.2) is 39.8 Å². The van der Waals surface area contributed by atoms with Gasteiger partial charge in [0, 0.05) is 38.1 Å². The van der Waals surface area contributed by atoms with Crippen molar-refractivity contribution in [2.24, 2.45) is 0 Å². The van der Waals surface area contributed by atoms with Crippen LogP contribution < -0.4 is 0 Å². The van der Waals surface area contributed by atoms with Gasteiger partial charge in [-0.2, -0.15) is 0 Å². The molecule has 0 saturated heterocycles. The van der Waals surface area contributed by atoms with Gasteiger partial charge in [0.25, 0.3) is 0 Å². The van der Waals surface area contributed by atoms with Crippen LogP contribution in [-0.2, 0) is 0 Å². The van der Waals surface area contributed by atoms with Crippen molar-refractivity contribution in [2.75, 3.05) is 0 Å². The fourth-order valence-electron chi connectivity index (χ4n) is 6.31. The summed E-state index contributed by atoms with van der Waals surface area (Å²) >= 11 is 0. The minimum Gasteiger partial charge on any atom is -0.454 e. The van der Waals surface area contributed by atoms with E-state index in [1.54, 1.807) is 6.20 Å². The summed E-state index contributed by atoms with van der Waals surface area (Å²) in [5.41, 5.74) is 5.98. The second-order valence-electron chi connectivity index (χ2n) is 11.9. The van der Waals surface area contributed by atoms with Gasteiger partial charge in [-0.3, -0.25) is 0 Å². The number of furan rings is 1. The summed E-state index contributed by atoms with van der Waals surface area (Å²) < 4.78 is 6.24. The zero-order chi connectivity index (χ0) is 32.3. The molecule has 0 amide bonds. The monoisotopic (exact) mass is 629 g/mol. The Morgan fingerprint density at radius 3 is 1.49 bits per heavy atom. The molecule has 12 bridgehead atoms. The van der Waals surface area contributed by atoms with Crippen molar-refractivity contribution in [1.29, 1.82) is 0 Å². The van der Waals surface area contributed by atoms with E-state index in [0.717, 1.165) is 54.4 Å². The molecule has 8 nitrogen and oxygen atoms in total. The highest BCUT2D eigenvalue weighted by Crippen LogP contribution is 2.32. The van der Waals surface area contributed by atoms with E-state index in [1.165, 1.54) is 0 Å². The number of aromatic nitrogens is 7. The van der Waals surface area contributed by atoms with Crippen LogP contribution in [0.5, 0.6) is 0 Å². The molecule has 0 aliphatic heterocycles. The SMILES string of the molecule is c1ccc(-c2nc3nc(n2)c2ccc4oc5cnc(cc5c4c2)c2nc(-c4ccccc4)nc(n2)c2cccc(c2)c2cccc3c2)cc1. The van der Waals surface area contributed by atoms with E-state index >= 15 is 0 Å². The second kappa shape index (κ2) is 10.8. The van der Waals surface area contributed by atoms with Crippen LogP contribution in [0.1, 0.15) is 0 Å². The summed E-state index contributed by atoms with van der Waals surface area (Å²) in [6.07, 6.45) is 1.73. The van der Waals surface area contributed by atoms with Crippen LogP contribution in [0.25, 0.3) is 99.8 Å². The molecule has 0 saturated carbocycles. The molecule has 10 rings (SSSR count). The van der Waals surface area contributed by atoms with Gasteiger partial charge < -0.3 is 4.42 Å². The third-order valence-electron chi connectivity index (χ3n) is 8.75. The average Bonchev–Trinajstić information content (AvgIpc) is 3.55. The minimum atomic E-state index is 0.472. The van der Waals surface area contributed by atoms with Crippen LogP contribution >= 0.6 is 0 Å². The molecule has 0 aliphatic rings. The van der Waals surface area contributed by atoms with Gasteiger partial charge >= 0.3 is 0 Å².